The highest BCUT2D eigenvalue weighted by molar-refractivity contribution is 7.89. The zero-order valence-corrected chi connectivity index (χ0v) is 12.9. The Morgan fingerprint density at radius 1 is 1.40 bits per heavy atom. The van der Waals surface area contributed by atoms with E-state index in [2.05, 4.69) is 4.98 Å². The second-order valence-electron chi connectivity index (χ2n) is 5.47. The summed E-state index contributed by atoms with van der Waals surface area (Å²) in [5, 5.41) is 10.1. The molecule has 20 heavy (non-hydrogen) atoms. The van der Waals surface area contributed by atoms with Crippen LogP contribution < -0.4 is 4.90 Å². The third kappa shape index (κ3) is 2.79. The van der Waals surface area contributed by atoms with Crippen LogP contribution >= 0.6 is 0 Å². The molecule has 0 saturated carbocycles. The van der Waals surface area contributed by atoms with Crippen LogP contribution in [0.3, 0.4) is 0 Å². The number of sulfonamides is 1. The first-order valence-electron chi connectivity index (χ1n) is 6.64. The molecular weight excluding hydrogens is 278 g/mol. The lowest BCUT2D eigenvalue weighted by Gasteiger charge is -2.47. The molecule has 7 heteroatoms. The molecule has 1 aromatic heterocycles. The maximum Gasteiger partial charge on any atom is 0.244 e. The molecule has 0 aliphatic carbocycles. The second kappa shape index (κ2) is 5.31. The molecule has 1 aromatic rings. The Hall–Kier alpha value is -1.18. The van der Waals surface area contributed by atoms with E-state index in [9.17, 15) is 13.5 Å². The highest BCUT2D eigenvalue weighted by atomic mass is 32.2. The number of hydrogen-bond acceptors (Lipinski definition) is 5. The fourth-order valence-corrected chi connectivity index (χ4v) is 3.22. The van der Waals surface area contributed by atoms with E-state index in [0.717, 1.165) is 17.1 Å². The van der Waals surface area contributed by atoms with Crippen LogP contribution in [-0.2, 0) is 10.0 Å². The Labute approximate surface area is 120 Å². The molecule has 1 saturated heterocycles. The van der Waals surface area contributed by atoms with Crippen molar-refractivity contribution in [1.82, 2.24) is 9.29 Å². The summed E-state index contributed by atoms with van der Waals surface area (Å²) in [7, 11) is -0.457. The zero-order chi connectivity index (χ0) is 15.0. The molecule has 0 amide bonds. The van der Waals surface area contributed by atoms with E-state index in [1.54, 1.807) is 12.1 Å². The van der Waals surface area contributed by atoms with Crippen LogP contribution in [0.4, 0.5) is 5.82 Å². The summed E-state index contributed by atoms with van der Waals surface area (Å²) in [5.41, 5.74) is -0.620. The summed E-state index contributed by atoms with van der Waals surface area (Å²) >= 11 is 0. The summed E-state index contributed by atoms with van der Waals surface area (Å²) in [4.78, 5) is 6.31. The summed E-state index contributed by atoms with van der Waals surface area (Å²) in [6, 6.07) is 3.23. The van der Waals surface area contributed by atoms with Gasteiger partial charge < -0.3 is 10.0 Å². The Balaban J connectivity index is 2.08. The number of pyridine rings is 1. The topological polar surface area (TPSA) is 73.7 Å². The van der Waals surface area contributed by atoms with Crippen molar-refractivity contribution in [3.8, 4) is 0 Å². The summed E-state index contributed by atoms with van der Waals surface area (Å²) < 4.78 is 25.0. The van der Waals surface area contributed by atoms with Gasteiger partial charge in [0.2, 0.25) is 10.0 Å². The van der Waals surface area contributed by atoms with Gasteiger partial charge in [-0.15, -0.1) is 0 Å². The lowest BCUT2D eigenvalue weighted by atomic mass is 9.89. The molecule has 6 nitrogen and oxygen atoms in total. The standard InChI is InChI=1S/C13H21N3O3S/c1-4-7-13(17)9-16(10-13)12-6-5-11(8-14-12)20(18,19)15(2)3/h5-6,8,17H,4,7,9-10H2,1-3H3. The smallest absolute Gasteiger partial charge is 0.244 e. The Morgan fingerprint density at radius 2 is 2.05 bits per heavy atom. The molecule has 1 aliphatic rings. The maximum absolute atomic E-state index is 11.9. The minimum atomic E-state index is -3.44. The number of aromatic nitrogens is 1. The number of hydrogen-bond donors (Lipinski definition) is 1. The van der Waals surface area contributed by atoms with E-state index in [1.165, 1.54) is 20.3 Å². The fourth-order valence-electron chi connectivity index (χ4n) is 2.37. The third-order valence-electron chi connectivity index (χ3n) is 3.51. The Bertz CT molecular complexity index is 563. The second-order valence-corrected chi connectivity index (χ2v) is 7.62. The molecule has 112 valence electrons. The van der Waals surface area contributed by atoms with Crippen molar-refractivity contribution in [2.75, 3.05) is 32.1 Å². The highest BCUT2D eigenvalue weighted by Crippen LogP contribution is 2.30. The first kappa shape index (κ1) is 15.2. The monoisotopic (exact) mass is 299 g/mol. The molecule has 2 rings (SSSR count). The largest absolute Gasteiger partial charge is 0.386 e. The van der Waals surface area contributed by atoms with Crippen molar-refractivity contribution in [2.45, 2.75) is 30.3 Å². The lowest BCUT2D eigenvalue weighted by Crippen LogP contribution is -2.62. The average molecular weight is 299 g/mol. The van der Waals surface area contributed by atoms with Crippen LogP contribution in [0.2, 0.25) is 0 Å². The van der Waals surface area contributed by atoms with Crippen LogP contribution in [0.25, 0.3) is 0 Å². The molecule has 0 bridgehead atoms. The SMILES string of the molecule is CCCC1(O)CN(c2ccc(S(=O)(=O)N(C)C)cn2)C1. The number of rotatable bonds is 5. The van der Waals surface area contributed by atoms with E-state index in [0.29, 0.717) is 18.9 Å². The van der Waals surface area contributed by atoms with Gasteiger partial charge in [0, 0.05) is 33.4 Å². The van der Waals surface area contributed by atoms with E-state index in [4.69, 9.17) is 0 Å². The molecule has 2 heterocycles. The summed E-state index contributed by atoms with van der Waals surface area (Å²) in [6.07, 6.45) is 3.08. The maximum atomic E-state index is 11.9. The van der Waals surface area contributed by atoms with E-state index in [1.807, 2.05) is 11.8 Å². The van der Waals surface area contributed by atoms with Crippen LogP contribution in [0.1, 0.15) is 19.8 Å². The minimum absolute atomic E-state index is 0.176. The van der Waals surface area contributed by atoms with Gasteiger partial charge in [0.15, 0.2) is 0 Å². The van der Waals surface area contributed by atoms with Crippen molar-refractivity contribution in [1.29, 1.82) is 0 Å². The highest BCUT2D eigenvalue weighted by Gasteiger charge is 2.40. The fraction of sp³-hybridized carbons (Fsp3) is 0.615. The van der Waals surface area contributed by atoms with Crippen LogP contribution in [0.15, 0.2) is 23.2 Å². The summed E-state index contributed by atoms with van der Waals surface area (Å²) in [5.74, 6) is 0.698. The molecule has 0 radical (unpaired) electrons. The lowest BCUT2D eigenvalue weighted by molar-refractivity contribution is 0.00293. The van der Waals surface area contributed by atoms with Crippen LogP contribution in [0.5, 0.6) is 0 Å². The van der Waals surface area contributed by atoms with Gasteiger partial charge in [-0.1, -0.05) is 13.3 Å². The summed E-state index contributed by atoms with van der Waals surface area (Å²) in [6.45, 7) is 3.14. The van der Waals surface area contributed by atoms with Gasteiger partial charge in [0.25, 0.3) is 0 Å². The van der Waals surface area contributed by atoms with Gasteiger partial charge in [-0.25, -0.2) is 17.7 Å². The van der Waals surface area contributed by atoms with Gasteiger partial charge in [0.1, 0.15) is 10.7 Å². The van der Waals surface area contributed by atoms with Gasteiger partial charge >= 0.3 is 0 Å². The van der Waals surface area contributed by atoms with Gasteiger partial charge in [-0.3, -0.25) is 0 Å². The quantitative estimate of drug-likeness (QED) is 0.865. The molecule has 1 fully saturated rings. The molecule has 1 aliphatic heterocycles. The van der Waals surface area contributed by atoms with Gasteiger partial charge in [-0.05, 0) is 18.6 Å². The van der Waals surface area contributed by atoms with Crippen molar-refractivity contribution >= 4 is 15.8 Å². The number of aliphatic hydroxyl groups is 1. The zero-order valence-electron chi connectivity index (χ0n) is 12.1. The van der Waals surface area contributed by atoms with Gasteiger partial charge in [0.05, 0.1) is 5.60 Å². The molecule has 0 spiro atoms. The predicted molar refractivity (Wildman–Crippen MR) is 77.2 cm³/mol. The minimum Gasteiger partial charge on any atom is -0.386 e. The molecule has 0 atom stereocenters. The van der Waals surface area contributed by atoms with Crippen molar-refractivity contribution in [3.05, 3.63) is 18.3 Å². The molecule has 0 unspecified atom stereocenters. The van der Waals surface area contributed by atoms with Crippen LogP contribution in [0, 0.1) is 0 Å². The normalized spacial score (nSPS) is 18.1. The first-order valence-corrected chi connectivity index (χ1v) is 8.08. The Morgan fingerprint density at radius 3 is 2.50 bits per heavy atom. The molecule has 1 N–H and O–H groups in total. The first-order chi connectivity index (χ1) is 9.28. The van der Waals surface area contributed by atoms with Crippen molar-refractivity contribution in [3.63, 3.8) is 0 Å². The third-order valence-corrected chi connectivity index (χ3v) is 5.31. The molecular formula is C13H21N3O3S. The van der Waals surface area contributed by atoms with E-state index >= 15 is 0 Å². The number of β-amino-alcohol motifs (C(OH)–C–C–N with tert-alkyl or cyclic N) is 1. The number of anilines is 1. The number of nitrogens with zero attached hydrogens (tertiary/aromatic N) is 3. The van der Waals surface area contributed by atoms with Crippen molar-refractivity contribution < 1.29 is 13.5 Å². The van der Waals surface area contributed by atoms with Crippen molar-refractivity contribution in [2.24, 2.45) is 0 Å². The molecule has 0 aromatic carbocycles. The van der Waals surface area contributed by atoms with E-state index < -0.39 is 15.6 Å². The van der Waals surface area contributed by atoms with Gasteiger partial charge in [-0.2, -0.15) is 0 Å². The van der Waals surface area contributed by atoms with Crippen LogP contribution in [-0.4, -0.2) is 55.6 Å². The average Bonchev–Trinajstić information content (AvgIpc) is 2.36. The van der Waals surface area contributed by atoms with E-state index in [-0.39, 0.29) is 4.90 Å². The Kier molecular flexibility index (Phi) is 4.04. The predicted octanol–water partition coefficient (Wildman–Crippen LogP) is 0.683.